The van der Waals surface area contributed by atoms with E-state index in [0.717, 1.165) is 0 Å². The molecule has 0 unspecified atom stereocenters. The van der Waals surface area contributed by atoms with Gasteiger partial charge in [0, 0.05) is 17.8 Å². The Morgan fingerprint density at radius 1 is 1.10 bits per heavy atom. The molecule has 1 heterocycles. The number of pyridine rings is 1. The van der Waals surface area contributed by atoms with Gasteiger partial charge in [0.2, 0.25) is 5.88 Å². The topological polar surface area (TPSA) is 31.4 Å². The molecule has 6 heteroatoms. The molecule has 0 fully saturated rings. The van der Waals surface area contributed by atoms with Crippen molar-refractivity contribution < 1.29 is 22.6 Å². The van der Waals surface area contributed by atoms with Crippen LogP contribution in [0.5, 0.6) is 11.6 Å². The highest BCUT2D eigenvalue weighted by molar-refractivity contribution is 5.64. The molecule has 0 aliphatic heterocycles. The molecule has 0 saturated heterocycles. The number of ether oxygens (including phenoxy) is 2. The molecule has 0 bridgehead atoms. The van der Waals surface area contributed by atoms with Gasteiger partial charge < -0.3 is 9.47 Å². The highest BCUT2D eigenvalue weighted by Crippen LogP contribution is 2.28. The zero-order valence-electron chi connectivity index (χ0n) is 10.6. The normalized spacial score (nSPS) is 11.2. The van der Waals surface area contributed by atoms with Crippen LogP contribution in [-0.4, -0.2) is 18.0 Å². The lowest BCUT2D eigenvalue weighted by molar-refractivity contribution is -0.274. The largest absolute Gasteiger partial charge is 0.573 e. The molecule has 0 amide bonds. The summed E-state index contributed by atoms with van der Waals surface area (Å²) in [6.07, 6.45) is -3.16. The molecule has 20 heavy (non-hydrogen) atoms. The minimum absolute atomic E-state index is 0.260. The first kappa shape index (κ1) is 14.2. The van der Waals surface area contributed by atoms with Crippen molar-refractivity contribution in [3.05, 3.63) is 42.6 Å². The summed E-state index contributed by atoms with van der Waals surface area (Å²) in [6, 6.07) is 9.12. The van der Waals surface area contributed by atoms with Crippen LogP contribution in [0.25, 0.3) is 11.1 Å². The van der Waals surface area contributed by atoms with E-state index in [2.05, 4.69) is 9.72 Å². The fraction of sp³-hybridized carbons (Fsp3) is 0.214. The van der Waals surface area contributed by atoms with Crippen LogP contribution >= 0.6 is 0 Å². The number of aromatic nitrogens is 1. The van der Waals surface area contributed by atoms with E-state index in [1.54, 1.807) is 18.2 Å². The van der Waals surface area contributed by atoms with Crippen molar-refractivity contribution in [2.45, 2.75) is 13.3 Å². The Morgan fingerprint density at radius 2 is 1.90 bits per heavy atom. The molecule has 0 aliphatic rings. The molecule has 0 spiro atoms. The molecule has 2 rings (SSSR count). The molecule has 1 aromatic carbocycles. The van der Waals surface area contributed by atoms with Gasteiger partial charge in [0.15, 0.2) is 0 Å². The van der Waals surface area contributed by atoms with Crippen molar-refractivity contribution in [3.63, 3.8) is 0 Å². The van der Waals surface area contributed by atoms with Gasteiger partial charge in [0.25, 0.3) is 0 Å². The van der Waals surface area contributed by atoms with Gasteiger partial charge in [0.1, 0.15) is 5.75 Å². The number of hydrogen-bond donors (Lipinski definition) is 0. The van der Waals surface area contributed by atoms with Crippen LogP contribution in [-0.2, 0) is 0 Å². The van der Waals surface area contributed by atoms with E-state index in [9.17, 15) is 13.2 Å². The number of alkyl halides is 3. The maximum Gasteiger partial charge on any atom is 0.573 e. The average molecular weight is 283 g/mol. The summed E-state index contributed by atoms with van der Waals surface area (Å²) >= 11 is 0. The van der Waals surface area contributed by atoms with Crippen LogP contribution in [0.15, 0.2) is 42.6 Å². The molecule has 0 radical (unpaired) electrons. The SMILES string of the molecule is CCOc1ccc(-c2cccc(OC(F)(F)F)c2)cn1. The third-order valence-electron chi connectivity index (χ3n) is 2.43. The molecular formula is C14H12F3NO2. The van der Waals surface area contributed by atoms with Crippen molar-refractivity contribution in [1.82, 2.24) is 4.98 Å². The maximum absolute atomic E-state index is 12.2. The van der Waals surface area contributed by atoms with Crippen LogP contribution in [0.1, 0.15) is 6.92 Å². The second-order valence-electron chi connectivity index (χ2n) is 3.89. The number of hydrogen-bond acceptors (Lipinski definition) is 3. The van der Waals surface area contributed by atoms with E-state index < -0.39 is 6.36 Å². The van der Waals surface area contributed by atoms with Gasteiger partial charge in [-0.2, -0.15) is 0 Å². The highest BCUT2D eigenvalue weighted by atomic mass is 19.4. The quantitative estimate of drug-likeness (QED) is 0.848. The molecule has 1 aromatic heterocycles. The second kappa shape index (κ2) is 5.81. The van der Waals surface area contributed by atoms with Crippen molar-refractivity contribution in [1.29, 1.82) is 0 Å². The van der Waals surface area contributed by atoms with E-state index >= 15 is 0 Å². The Hall–Kier alpha value is -2.24. The minimum atomic E-state index is -4.70. The summed E-state index contributed by atoms with van der Waals surface area (Å²) in [5, 5.41) is 0. The first-order chi connectivity index (χ1) is 9.48. The van der Waals surface area contributed by atoms with Gasteiger partial charge in [0.05, 0.1) is 6.61 Å². The van der Waals surface area contributed by atoms with Crippen LogP contribution < -0.4 is 9.47 Å². The lowest BCUT2D eigenvalue weighted by Gasteiger charge is -2.10. The molecule has 106 valence electrons. The van der Waals surface area contributed by atoms with E-state index in [1.165, 1.54) is 24.4 Å². The predicted octanol–water partition coefficient (Wildman–Crippen LogP) is 4.05. The molecule has 0 atom stereocenters. The Labute approximate surface area is 114 Å². The Kier molecular flexibility index (Phi) is 4.12. The van der Waals surface area contributed by atoms with E-state index in [1.807, 2.05) is 6.92 Å². The summed E-state index contributed by atoms with van der Waals surface area (Å²) in [6.45, 7) is 2.34. The summed E-state index contributed by atoms with van der Waals surface area (Å²) in [4.78, 5) is 4.06. The fourth-order valence-electron chi connectivity index (χ4n) is 1.66. The third kappa shape index (κ3) is 3.88. The monoisotopic (exact) mass is 283 g/mol. The Morgan fingerprint density at radius 3 is 2.50 bits per heavy atom. The van der Waals surface area contributed by atoms with Gasteiger partial charge in [-0.05, 0) is 30.7 Å². The van der Waals surface area contributed by atoms with Gasteiger partial charge >= 0.3 is 6.36 Å². The number of benzene rings is 1. The van der Waals surface area contributed by atoms with E-state index in [0.29, 0.717) is 23.6 Å². The fourth-order valence-corrected chi connectivity index (χ4v) is 1.66. The zero-order chi connectivity index (χ0) is 14.6. The maximum atomic E-state index is 12.2. The van der Waals surface area contributed by atoms with Crippen molar-refractivity contribution in [3.8, 4) is 22.8 Å². The summed E-state index contributed by atoms with van der Waals surface area (Å²) < 4.78 is 45.6. The highest BCUT2D eigenvalue weighted by Gasteiger charge is 2.31. The molecular weight excluding hydrogens is 271 g/mol. The predicted molar refractivity (Wildman–Crippen MR) is 67.5 cm³/mol. The number of halogens is 3. The summed E-state index contributed by atoms with van der Waals surface area (Å²) in [5.41, 5.74) is 1.27. The van der Waals surface area contributed by atoms with Gasteiger partial charge in [-0.15, -0.1) is 13.2 Å². The van der Waals surface area contributed by atoms with Crippen molar-refractivity contribution in [2.75, 3.05) is 6.61 Å². The van der Waals surface area contributed by atoms with Gasteiger partial charge in [-0.1, -0.05) is 12.1 Å². The Bertz CT molecular complexity index is 567. The molecule has 0 N–H and O–H groups in total. The lowest BCUT2D eigenvalue weighted by Crippen LogP contribution is -2.17. The van der Waals surface area contributed by atoms with Crippen molar-refractivity contribution in [2.24, 2.45) is 0 Å². The third-order valence-corrected chi connectivity index (χ3v) is 2.43. The molecule has 0 saturated carbocycles. The van der Waals surface area contributed by atoms with Gasteiger partial charge in [-0.3, -0.25) is 0 Å². The Balaban J connectivity index is 2.22. The lowest BCUT2D eigenvalue weighted by atomic mass is 10.1. The number of nitrogens with zero attached hydrogens (tertiary/aromatic N) is 1. The first-order valence-electron chi connectivity index (χ1n) is 5.93. The summed E-state index contributed by atoms with van der Waals surface area (Å²) in [5.74, 6) is 0.211. The average Bonchev–Trinajstić information content (AvgIpc) is 2.38. The first-order valence-corrected chi connectivity index (χ1v) is 5.93. The molecule has 3 nitrogen and oxygen atoms in total. The van der Waals surface area contributed by atoms with Crippen LogP contribution in [0.4, 0.5) is 13.2 Å². The number of rotatable bonds is 4. The molecule has 2 aromatic rings. The van der Waals surface area contributed by atoms with E-state index in [4.69, 9.17) is 4.74 Å². The molecule has 0 aliphatic carbocycles. The second-order valence-corrected chi connectivity index (χ2v) is 3.89. The summed E-state index contributed by atoms with van der Waals surface area (Å²) in [7, 11) is 0. The van der Waals surface area contributed by atoms with Crippen LogP contribution in [0.3, 0.4) is 0 Å². The van der Waals surface area contributed by atoms with E-state index in [-0.39, 0.29) is 5.75 Å². The standard InChI is InChI=1S/C14H12F3NO2/c1-2-19-13-7-6-11(9-18-13)10-4-3-5-12(8-10)20-14(15,16)17/h3-9H,2H2,1H3. The van der Waals surface area contributed by atoms with Crippen LogP contribution in [0.2, 0.25) is 0 Å². The van der Waals surface area contributed by atoms with Crippen molar-refractivity contribution >= 4 is 0 Å². The minimum Gasteiger partial charge on any atom is -0.478 e. The smallest absolute Gasteiger partial charge is 0.478 e. The van der Waals surface area contributed by atoms with Gasteiger partial charge in [-0.25, -0.2) is 4.98 Å². The van der Waals surface area contributed by atoms with Crippen LogP contribution in [0, 0.1) is 0 Å². The zero-order valence-corrected chi connectivity index (χ0v) is 10.6.